The second kappa shape index (κ2) is 5.78. The zero-order chi connectivity index (χ0) is 10.6. The fourth-order valence-electron chi connectivity index (χ4n) is 3.70. The summed E-state index contributed by atoms with van der Waals surface area (Å²) < 4.78 is 0. The van der Waals surface area contributed by atoms with Gasteiger partial charge in [0.15, 0.2) is 0 Å². The molecule has 1 fully saturated rings. The Balaban J connectivity index is 2.58. The second-order valence-corrected chi connectivity index (χ2v) is 5.42. The van der Waals surface area contributed by atoms with Crippen molar-refractivity contribution in [3.05, 3.63) is 0 Å². The van der Waals surface area contributed by atoms with Crippen LogP contribution in [0.3, 0.4) is 0 Å². The smallest absolute Gasteiger partial charge is 0.0334 e. The van der Waals surface area contributed by atoms with Crippen LogP contribution in [0.2, 0.25) is 0 Å². The molecule has 0 bridgehead atoms. The molecule has 1 saturated carbocycles. The number of rotatable bonds is 4. The molecule has 1 aliphatic rings. The molecule has 4 unspecified atom stereocenters. The Morgan fingerprint density at radius 1 is 1.21 bits per heavy atom. The molecule has 0 spiro atoms. The maximum atomic E-state index is 2.48. The van der Waals surface area contributed by atoms with Gasteiger partial charge in [0.05, 0.1) is 0 Å². The predicted molar refractivity (Wildman–Crippen MR) is 64.4 cm³/mol. The average molecular weight is 196 g/mol. The topological polar surface area (TPSA) is 0 Å². The third-order valence-corrected chi connectivity index (χ3v) is 4.36. The molecule has 0 aromatic carbocycles. The summed E-state index contributed by atoms with van der Waals surface area (Å²) in [5.41, 5.74) is 0. The molecule has 0 N–H and O–H groups in total. The van der Waals surface area contributed by atoms with Crippen molar-refractivity contribution < 1.29 is 0 Å². The standard InChI is InChI=1S/C14H28/c1-5-8-11(3)14-12(4)9-7-10-13(14)6-2/h11-14H,5-10H2,1-4H3. The Hall–Kier alpha value is 0. The summed E-state index contributed by atoms with van der Waals surface area (Å²) in [6.45, 7) is 9.68. The lowest BCUT2D eigenvalue weighted by Crippen LogP contribution is -2.31. The van der Waals surface area contributed by atoms with Crippen LogP contribution >= 0.6 is 0 Å². The van der Waals surface area contributed by atoms with Crippen LogP contribution in [-0.2, 0) is 0 Å². The molecule has 14 heavy (non-hydrogen) atoms. The summed E-state index contributed by atoms with van der Waals surface area (Å²) in [6, 6.07) is 0. The minimum Gasteiger partial charge on any atom is -0.0654 e. The van der Waals surface area contributed by atoms with Gasteiger partial charge in [-0.15, -0.1) is 0 Å². The lowest BCUT2D eigenvalue weighted by molar-refractivity contribution is 0.100. The molecule has 0 saturated heterocycles. The Morgan fingerprint density at radius 2 is 1.93 bits per heavy atom. The molecule has 0 heteroatoms. The maximum Gasteiger partial charge on any atom is -0.0334 e. The fraction of sp³-hybridized carbons (Fsp3) is 1.00. The molecular formula is C14H28. The molecule has 0 heterocycles. The van der Waals surface area contributed by atoms with Gasteiger partial charge >= 0.3 is 0 Å². The second-order valence-electron chi connectivity index (χ2n) is 5.42. The molecule has 0 amide bonds. The van der Waals surface area contributed by atoms with E-state index < -0.39 is 0 Å². The SMILES string of the molecule is CCCC(C)C1C(C)CCCC1CC. The lowest BCUT2D eigenvalue weighted by Gasteiger charge is -2.40. The average Bonchev–Trinajstić information content (AvgIpc) is 2.17. The van der Waals surface area contributed by atoms with Crippen LogP contribution in [0.5, 0.6) is 0 Å². The summed E-state index contributed by atoms with van der Waals surface area (Å²) >= 11 is 0. The summed E-state index contributed by atoms with van der Waals surface area (Å²) in [7, 11) is 0. The summed E-state index contributed by atoms with van der Waals surface area (Å²) in [4.78, 5) is 0. The van der Waals surface area contributed by atoms with Crippen molar-refractivity contribution >= 4 is 0 Å². The molecule has 0 aliphatic heterocycles. The summed E-state index contributed by atoms with van der Waals surface area (Å²) in [6.07, 6.45) is 8.67. The van der Waals surface area contributed by atoms with E-state index in [1.807, 2.05) is 0 Å². The molecule has 1 rings (SSSR count). The van der Waals surface area contributed by atoms with Gasteiger partial charge < -0.3 is 0 Å². The zero-order valence-corrected chi connectivity index (χ0v) is 10.6. The van der Waals surface area contributed by atoms with Crippen LogP contribution in [0, 0.1) is 23.7 Å². The molecular weight excluding hydrogens is 168 g/mol. The highest BCUT2D eigenvalue weighted by atomic mass is 14.4. The van der Waals surface area contributed by atoms with Crippen molar-refractivity contribution in [3.63, 3.8) is 0 Å². The van der Waals surface area contributed by atoms with E-state index in [9.17, 15) is 0 Å². The van der Waals surface area contributed by atoms with Crippen molar-refractivity contribution in [1.82, 2.24) is 0 Å². The Labute approximate surface area is 90.5 Å². The van der Waals surface area contributed by atoms with Gasteiger partial charge in [-0.2, -0.15) is 0 Å². The molecule has 0 nitrogen and oxygen atoms in total. The van der Waals surface area contributed by atoms with Crippen LogP contribution < -0.4 is 0 Å². The highest BCUT2D eigenvalue weighted by Crippen LogP contribution is 2.42. The van der Waals surface area contributed by atoms with Gasteiger partial charge in [-0.1, -0.05) is 66.2 Å². The largest absolute Gasteiger partial charge is 0.0654 e. The van der Waals surface area contributed by atoms with Crippen molar-refractivity contribution in [2.24, 2.45) is 23.7 Å². The predicted octanol–water partition coefficient (Wildman–Crippen LogP) is 4.89. The van der Waals surface area contributed by atoms with E-state index in [4.69, 9.17) is 0 Å². The van der Waals surface area contributed by atoms with E-state index in [0.29, 0.717) is 0 Å². The van der Waals surface area contributed by atoms with Gasteiger partial charge in [-0.3, -0.25) is 0 Å². The van der Waals surface area contributed by atoms with Crippen LogP contribution in [0.15, 0.2) is 0 Å². The normalized spacial score (nSPS) is 35.6. The minimum atomic E-state index is 0.959. The lowest BCUT2D eigenvalue weighted by atomic mass is 9.66. The van der Waals surface area contributed by atoms with Crippen LogP contribution in [0.25, 0.3) is 0 Å². The molecule has 1 aliphatic carbocycles. The van der Waals surface area contributed by atoms with Crippen molar-refractivity contribution in [3.8, 4) is 0 Å². The Morgan fingerprint density at radius 3 is 2.50 bits per heavy atom. The number of hydrogen-bond donors (Lipinski definition) is 0. The maximum absolute atomic E-state index is 2.48. The third-order valence-electron chi connectivity index (χ3n) is 4.36. The van der Waals surface area contributed by atoms with Crippen LogP contribution in [0.4, 0.5) is 0 Å². The number of hydrogen-bond acceptors (Lipinski definition) is 0. The van der Waals surface area contributed by atoms with E-state index in [1.54, 1.807) is 0 Å². The van der Waals surface area contributed by atoms with E-state index in [1.165, 1.54) is 38.5 Å². The first-order chi connectivity index (χ1) is 6.70. The Kier molecular flexibility index (Phi) is 4.98. The van der Waals surface area contributed by atoms with Gasteiger partial charge in [0, 0.05) is 0 Å². The first-order valence-electron chi connectivity index (χ1n) is 6.70. The van der Waals surface area contributed by atoms with E-state index in [-0.39, 0.29) is 0 Å². The van der Waals surface area contributed by atoms with Gasteiger partial charge in [-0.25, -0.2) is 0 Å². The van der Waals surface area contributed by atoms with Gasteiger partial charge in [0.25, 0.3) is 0 Å². The molecule has 0 aromatic heterocycles. The monoisotopic (exact) mass is 196 g/mol. The van der Waals surface area contributed by atoms with Crippen LogP contribution in [-0.4, -0.2) is 0 Å². The Bertz CT molecular complexity index is 150. The highest BCUT2D eigenvalue weighted by Gasteiger charge is 2.32. The fourth-order valence-corrected chi connectivity index (χ4v) is 3.70. The van der Waals surface area contributed by atoms with E-state index >= 15 is 0 Å². The van der Waals surface area contributed by atoms with Gasteiger partial charge in [0.2, 0.25) is 0 Å². The van der Waals surface area contributed by atoms with Gasteiger partial charge in [0.1, 0.15) is 0 Å². The summed E-state index contributed by atoms with van der Waals surface area (Å²) in [5.74, 6) is 3.99. The molecule has 0 radical (unpaired) electrons. The first kappa shape index (κ1) is 12.1. The van der Waals surface area contributed by atoms with Crippen molar-refractivity contribution in [1.29, 1.82) is 0 Å². The molecule has 84 valence electrons. The quantitative estimate of drug-likeness (QED) is 0.601. The van der Waals surface area contributed by atoms with Crippen LogP contribution in [0.1, 0.15) is 66.2 Å². The zero-order valence-electron chi connectivity index (χ0n) is 10.6. The first-order valence-corrected chi connectivity index (χ1v) is 6.70. The molecule has 0 aromatic rings. The third kappa shape index (κ3) is 2.74. The van der Waals surface area contributed by atoms with Crippen molar-refractivity contribution in [2.45, 2.75) is 66.2 Å². The van der Waals surface area contributed by atoms with Gasteiger partial charge in [-0.05, 0) is 23.7 Å². The van der Waals surface area contributed by atoms with E-state index in [2.05, 4.69) is 27.7 Å². The highest BCUT2D eigenvalue weighted by molar-refractivity contribution is 4.82. The minimum absolute atomic E-state index is 0.959. The molecule has 4 atom stereocenters. The van der Waals surface area contributed by atoms with E-state index in [0.717, 1.165) is 23.7 Å². The van der Waals surface area contributed by atoms with Crippen molar-refractivity contribution in [2.75, 3.05) is 0 Å². The summed E-state index contributed by atoms with van der Waals surface area (Å²) in [5, 5.41) is 0.